The number of carbonyl (C=O) groups is 1. The number of nitrogens with one attached hydrogen (secondary N) is 2. The second kappa shape index (κ2) is 9.43. The highest BCUT2D eigenvalue weighted by Gasteiger charge is 2.22. The molecule has 3 rings (SSSR count). The summed E-state index contributed by atoms with van der Waals surface area (Å²) in [6.45, 7) is 3.46. The Morgan fingerprint density at radius 2 is 1.38 bits per heavy atom. The van der Waals surface area contributed by atoms with Crippen LogP contribution in [0, 0.1) is 11.6 Å². The Morgan fingerprint density at radius 3 is 1.90 bits per heavy atom. The summed E-state index contributed by atoms with van der Waals surface area (Å²) in [5.74, 6) is -1.47. The Hall–Kier alpha value is -3.05. The van der Waals surface area contributed by atoms with Crippen molar-refractivity contribution in [2.75, 3.05) is 0 Å². The number of hydrogen-bond donors (Lipinski definition) is 2. The fourth-order valence-corrected chi connectivity index (χ4v) is 3.31. The molecule has 29 heavy (non-hydrogen) atoms. The largest absolute Gasteiger partial charge is 0.344 e. The summed E-state index contributed by atoms with van der Waals surface area (Å²) >= 11 is 0. The molecule has 0 aliphatic carbocycles. The van der Waals surface area contributed by atoms with E-state index in [-0.39, 0.29) is 11.9 Å². The molecule has 0 spiro atoms. The lowest BCUT2D eigenvalue weighted by molar-refractivity contribution is -0.123. The third kappa shape index (κ3) is 5.27. The van der Waals surface area contributed by atoms with Gasteiger partial charge in [-0.1, -0.05) is 66.7 Å². The van der Waals surface area contributed by atoms with Crippen LogP contribution in [0.2, 0.25) is 0 Å². The van der Waals surface area contributed by atoms with Crippen molar-refractivity contribution in [3.8, 4) is 0 Å². The van der Waals surface area contributed by atoms with E-state index >= 15 is 0 Å². The van der Waals surface area contributed by atoms with Crippen LogP contribution in [0.4, 0.5) is 8.78 Å². The van der Waals surface area contributed by atoms with Gasteiger partial charge in [0.2, 0.25) is 5.91 Å². The molecule has 0 heterocycles. The van der Waals surface area contributed by atoms with Crippen molar-refractivity contribution in [2.24, 2.45) is 0 Å². The highest BCUT2D eigenvalue weighted by Crippen LogP contribution is 2.22. The standard InChI is InChI=1S/C24H24F2N2O/c1-16(21-14-13-20(25)15-22(21)26)27-17(2)24(29)28-23(18-9-5-3-6-10-18)19-11-7-4-8-12-19/h3-17,23,27H,1-2H3,(H,28,29)/t16-,17+/m1/s1. The summed E-state index contributed by atoms with van der Waals surface area (Å²) in [6.07, 6.45) is 0. The predicted octanol–water partition coefficient (Wildman–Crippen LogP) is 4.91. The molecule has 3 aromatic rings. The number of benzene rings is 3. The van der Waals surface area contributed by atoms with E-state index in [4.69, 9.17) is 0 Å². The quantitative estimate of drug-likeness (QED) is 0.598. The van der Waals surface area contributed by atoms with Crippen molar-refractivity contribution in [3.63, 3.8) is 0 Å². The van der Waals surface area contributed by atoms with Gasteiger partial charge in [-0.05, 0) is 31.0 Å². The van der Waals surface area contributed by atoms with E-state index < -0.39 is 23.7 Å². The highest BCUT2D eigenvalue weighted by atomic mass is 19.1. The van der Waals surface area contributed by atoms with Crippen molar-refractivity contribution in [3.05, 3.63) is 107 Å². The molecule has 0 aliphatic heterocycles. The minimum Gasteiger partial charge on any atom is -0.344 e. The zero-order valence-electron chi connectivity index (χ0n) is 16.4. The minimum atomic E-state index is -0.635. The van der Waals surface area contributed by atoms with Gasteiger partial charge in [-0.2, -0.15) is 0 Å². The highest BCUT2D eigenvalue weighted by molar-refractivity contribution is 5.82. The van der Waals surface area contributed by atoms with Gasteiger partial charge in [0.15, 0.2) is 0 Å². The van der Waals surface area contributed by atoms with E-state index in [0.29, 0.717) is 5.56 Å². The van der Waals surface area contributed by atoms with Crippen LogP contribution >= 0.6 is 0 Å². The average molecular weight is 394 g/mol. The Bertz CT molecular complexity index is 908. The summed E-state index contributed by atoms with van der Waals surface area (Å²) in [5.41, 5.74) is 2.25. The van der Waals surface area contributed by atoms with Gasteiger partial charge in [0, 0.05) is 17.7 Å². The first-order valence-electron chi connectivity index (χ1n) is 9.57. The molecule has 3 nitrogen and oxygen atoms in total. The van der Waals surface area contributed by atoms with E-state index in [9.17, 15) is 13.6 Å². The lowest BCUT2D eigenvalue weighted by atomic mass is 9.98. The maximum Gasteiger partial charge on any atom is 0.237 e. The molecule has 0 fully saturated rings. The van der Waals surface area contributed by atoms with Gasteiger partial charge in [0.1, 0.15) is 11.6 Å². The monoisotopic (exact) mass is 394 g/mol. The van der Waals surface area contributed by atoms with Gasteiger partial charge >= 0.3 is 0 Å². The van der Waals surface area contributed by atoms with Crippen LogP contribution in [0.15, 0.2) is 78.9 Å². The van der Waals surface area contributed by atoms with E-state index in [1.807, 2.05) is 60.7 Å². The molecule has 5 heteroatoms. The zero-order valence-corrected chi connectivity index (χ0v) is 16.4. The molecular formula is C24H24F2N2O. The van der Waals surface area contributed by atoms with Crippen LogP contribution in [0.1, 0.15) is 42.6 Å². The molecule has 0 radical (unpaired) electrons. The predicted molar refractivity (Wildman–Crippen MR) is 110 cm³/mol. The molecule has 2 N–H and O–H groups in total. The van der Waals surface area contributed by atoms with Gasteiger partial charge < -0.3 is 5.32 Å². The molecule has 0 saturated heterocycles. The molecule has 2 atom stereocenters. The molecule has 0 aliphatic rings. The summed E-state index contributed by atoms with van der Waals surface area (Å²) < 4.78 is 27.2. The van der Waals surface area contributed by atoms with Crippen LogP contribution in [-0.4, -0.2) is 11.9 Å². The number of carbonyl (C=O) groups excluding carboxylic acids is 1. The van der Waals surface area contributed by atoms with E-state index in [1.54, 1.807) is 13.8 Å². The first kappa shape index (κ1) is 20.7. The van der Waals surface area contributed by atoms with E-state index in [2.05, 4.69) is 10.6 Å². The van der Waals surface area contributed by atoms with Crippen molar-refractivity contribution in [1.82, 2.24) is 10.6 Å². The van der Waals surface area contributed by atoms with Crippen LogP contribution in [0.3, 0.4) is 0 Å². The maximum atomic E-state index is 14.0. The second-order valence-electron chi connectivity index (χ2n) is 7.04. The first-order chi connectivity index (χ1) is 14.0. The SMILES string of the molecule is C[C@H](N[C@H](C)c1ccc(F)cc1F)C(=O)NC(c1ccccc1)c1ccccc1. The maximum absolute atomic E-state index is 14.0. The molecule has 0 bridgehead atoms. The second-order valence-corrected chi connectivity index (χ2v) is 7.04. The zero-order chi connectivity index (χ0) is 20.8. The first-order valence-corrected chi connectivity index (χ1v) is 9.57. The van der Waals surface area contributed by atoms with Gasteiger partial charge in [-0.25, -0.2) is 8.78 Å². The van der Waals surface area contributed by atoms with Crippen molar-refractivity contribution in [2.45, 2.75) is 32.0 Å². The van der Waals surface area contributed by atoms with Crippen molar-refractivity contribution < 1.29 is 13.6 Å². The third-order valence-electron chi connectivity index (χ3n) is 4.87. The van der Waals surface area contributed by atoms with Gasteiger partial charge in [-0.3, -0.25) is 10.1 Å². The lowest BCUT2D eigenvalue weighted by Gasteiger charge is -2.25. The number of hydrogen-bond acceptors (Lipinski definition) is 2. The summed E-state index contributed by atoms with van der Waals surface area (Å²) in [6, 6.07) is 21.5. The molecule has 0 aromatic heterocycles. The molecule has 0 unspecified atom stereocenters. The number of amides is 1. The molecule has 150 valence electrons. The fraction of sp³-hybridized carbons (Fsp3) is 0.208. The Morgan fingerprint density at radius 1 is 0.828 bits per heavy atom. The summed E-state index contributed by atoms with van der Waals surface area (Å²) in [5, 5.41) is 6.16. The minimum absolute atomic E-state index is 0.211. The van der Waals surface area contributed by atoms with Gasteiger partial charge in [0.25, 0.3) is 0 Å². The van der Waals surface area contributed by atoms with E-state index in [1.165, 1.54) is 12.1 Å². The van der Waals surface area contributed by atoms with Crippen LogP contribution in [0.5, 0.6) is 0 Å². The van der Waals surface area contributed by atoms with Crippen LogP contribution in [0.25, 0.3) is 0 Å². The third-order valence-corrected chi connectivity index (χ3v) is 4.87. The topological polar surface area (TPSA) is 41.1 Å². The lowest BCUT2D eigenvalue weighted by Crippen LogP contribution is -2.44. The molecule has 1 amide bonds. The van der Waals surface area contributed by atoms with Gasteiger partial charge in [-0.15, -0.1) is 0 Å². The Labute approximate surface area is 169 Å². The Balaban J connectivity index is 1.73. The number of halogens is 2. The fourth-order valence-electron chi connectivity index (χ4n) is 3.31. The van der Waals surface area contributed by atoms with Crippen molar-refractivity contribution >= 4 is 5.91 Å². The van der Waals surface area contributed by atoms with Crippen LogP contribution < -0.4 is 10.6 Å². The Kier molecular flexibility index (Phi) is 6.73. The normalized spacial score (nSPS) is 13.1. The van der Waals surface area contributed by atoms with E-state index in [0.717, 1.165) is 17.2 Å². The average Bonchev–Trinajstić information content (AvgIpc) is 2.73. The van der Waals surface area contributed by atoms with Crippen molar-refractivity contribution in [1.29, 1.82) is 0 Å². The van der Waals surface area contributed by atoms with Crippen LogP contribution in [-0.2, 0) is 4.79 Å². The summed E-state index contributed by atoms with van der Waals surface area (Å²) in [7, 11) is 0. The molecule has 3 aromatic carbocycles. The number of rotatable bonds is 7. The molecule has 0 saturated carbocycles. The smallest absolute Gasteiger partial charge is 0.237 e. The van der Waals surface area contributed by atoms with Gasteiger partial charge in [0.05, 0.1) is 12.1 Å². The molecular weight excluding hydrogens is 370 g/mol. The summed E-state index contributed by atoms with van der Waals surface area (Å²) in [4.78, 5) is 12.9.